The minimum absolute atomic E-state index is 0.0694. The molecule has 1 amide bonds. The molecule has 20 heavy (non-hydrogen) atoms. The lowest BCUT2D eigenvalue weighted by Crippen LogP contribution is -2.42. The molecule has 0 aliphatic rings. The predicted octanol–water partition coefficient (Wildman–Crippen LogP) is 3.87. The van der Waals surface area contributed by atoms with Crippen molar-refractivity contribution >= 4 is 11.6 Å². The second-order valence-electron chi connectivity index (χ2n) is 5.00. The van der Waals surface area contributed by atoms with Crippen molar-refractivity contribution in [3.05, 3.63) is 39.8 Å². The summed E-state index contributed by atoms with van der Waals surface area (Å²) < 4.78 is 0. The van der Waals surface area contributed by atoms with Gasteiger partial charge in [-0.05, 0) is 51.4 Å². The van der Waals surface area contributed by atoms with E-state index >= 15 is 0 Å². The Balaban J connectivity index is 3.31. The molecule has 0 bridgehead atoms. The van der Waals surface area contributed by atoms with Crippen molar-refractivity contribution < 1.29 is 4.79 Å². The van der Waals surface area contributed by atoms with E-state index in [0.717, 1.165) is 0 Å². The zero-order valence-electron chi connectivity index (χ0n) is 12.2. The van der Waals surface area contributed by atoms with E-state index in [2.05, 4.69) is 15.9 Å². The van der Waals surface area contributed by atoms with Gasteiger partial charge in [0.15, 0.2) is 0 Å². The second kappa shape index (κ2) is 6.65. The molecule has 5 heteroatoms. The Hall–Kier alpha value is -2.44. The van der Waals surface area contributed by atoms with Gasteiger partial charge in [-0.1, -0.05) is 11.0 Å². The Kier molecular flexibility index (Phi) is 5.19. The maximum atomic E-state index is 12.6. The van der Waals surface area contributed by atoms with Crippen molar-refractivity contribution in [1.82, 2.24) is 4.90 Å². The molecule has 104 valence electrons. The summed E-state index contributed by atoms with van der Waals surface area (Å²) in [4.78, 5) is 17.1. The van der Waals surface area contributed by atoms with Crippen molar-refractivity contribution in [1.29, 1.82) is 0 Å². The van der Waals surface area contributed by atoms with Crippen LogP contribution in [0, 0.1) is 12.3 Å². The van der Waals surface area contributed by atoms with Gasteiger partial charge in [-0.15, -0.1) is 6.42 Å². The summed E-state index contributed by atoms with van der Waals surface area (Å²) >= 11 is 0. The van der Waals surface area contributed by atoms with Crippen LogP contribution in [-0.2, 0) is 0 Å². The number of benzene rings is 1. The van der Waals surface area contributed by atoms with Gasteiger partial charge in [0.1, 0.15) is 0 Å². The number of nitrogens with zero attached hydrogens (tertiary/aromatic N) is 4. The largest absolute Gasteiger partial charge is 0.334 e. The summed E-state index contributed by atoms with van der Waals surface area (Å²) in [7, 11) is 0. The van der Waals surface area contributed by atoms with Crippen LogP contribution >= 0.6 is 0 Å². The molecule has 0 aliphatic heterocycles. The van der Waals surface area contributed by atoms with E-state index in [4.69, 9.17) is 12.0 Å². The van der Waals surface area contributed by atoms with E-state index in [1.165, 1.54) is 0 Å². The summed E-state index contributed by atoms with van der Waals surface area (Å²) in [6.07, 6.45) is 5.37. The molecular formula is C15H18N4O. The Morgan fingerprint density at radius 2 is 1.90 bits per heavy atom. The predicted molar refractivity (Wildman–Crippen MR) is 79.6 cm³/mol. The first-order valence-electron chi connectivity index (χ1n) is 6.40. The Labute approximate surface area is 119 Å². The third-order valence-electron chi connectivity index (χ3n) is 2.84. The van der Waals surface area contributed by atoms with Crippen LogP contribution in [0.25, 0.3) is 10.4 Å². The van der Waals surface area contributed by atoms with Gasteiger partial charge in [0.2, 0.25) is 0 Å². The van der Waals surface area contributed by atoms with Crippen LogP contribution in [0.2, 0.25) is 0 Å². The number of azide groups is 1. The van der Waals surface area contributed by atoms with Gasteiger partial charge < -0.3 is 4.90 Å². The summed E-state index contributed by atoms with van der Waals surface area (Å²) in [6.45, 7) is 7.82. The maximum absolute atomic E-state index is 12.6. The molecule has 5 nitrogen and oxygen atoms in total. The number of hydrogen-bond donors (Lipinski definition) is 0. The van der Waals surface area contributed by atoms with Gasteiger partial charge in [0.05, 0.1) is 0 Å². The van der Waals surface area contributed by atoms with Gasteiger partial charge in [0, 0.05) is 33.8 Å². The first kappa shape index (κ1) is 15.6. The Morgan fingerprint density at radius 1 is 1.30 bits per heavy atom. The average molecular weight is 270 g/mol. The quantitative estimate of drug-likeness (QED) is 0.354. The Bertz CT molecular complexity index is 584. The van der Waals surface area contributed by atoms with Crippen LogP contribution < -0.4 is 0 Å². The SMILES string of the molecule is C#Cc1cc(N=[N+]=[N-])cc(C(=O)N(C(C)C)C(C)C)c1. The number of rotatable bonds is 4. The molecule has 0 atom stereocenters. The normalized spacial score (nSPS) is 10.1. The molecule has 0 unspecified atom stereocenters. The lowest BCUT2D eigenvalue weighted by Gasteiger charge is -2.31. The van der Waals surface area contributed by atoms with Crippen LogP contribution in [0.4, 0.5) is 5.69 Å². The zero-order chi connectivity index (χ0) is 15.3. The van der Waals surface area contributed by atoms with E-state index in [-0.39, 0.29) is 18.0 Å². The standard InChI is InChI=1S/C15H18N4O/c1-6-12-7-13(9-14(8-12)17-18-16)15(20)19(10(2)3)11(4)5/h1,7-11H,2-5H3. The van der Waals surface area contributed by atoms with E-state index in [9.17, 15) is 4.79 Å². The van der Waals surface area contributed by atoms with Gasteiger partial charge >= 0.3 is 0 Å². The van der Waals surface area contributed by atoms with Crippen molar-refractivity contribution in [3.63, 3.8) is 0 Å². The number of carbonyl (C=O) groups excluding carboxylic acids is 1. The first-order chi connectivity index (χ1) is 9.40. The topological polar surface area (TPSA) is 69.1 Å². The molecule has 0 fully saturated rings. The van der Waals surface area contributed by atoms with E-state index in [1.54, 1.807) is 23.1 Å². The van der Waals surface area contributed by atoms with E-state index in [1.807, 2.05) is 27.7 Å². The molecular weight excluding hydrogens is 252 g/mol. The average Bonchev–Trinajstić information content (AvgIpc) is 2.37. The van der Waals surface area contributed by atoms with Crippen LogP contribution in [-0.4, -0.2) is 22.9 Å². The third-order valence-corrected chi connectivity index (χ3v) is 2.84. The van der Waals surface area contributed by atoms with Crippen LogP contribution in [0.3, 0.4) is 0 Å². The summed E-state index contributed by atoms with van der Waals surface area (Å²) in [5.41, 5.74) is 9.81. The van der Waals surface area contributed by atoms with Crippen LogP contribution in [0.15, 0.2) is 23.3 Å². The minimum Gasteiger partial charge on any atom is -0.334 e. The molecule has 1 aromatic carbocycles. The second-order valence-corrected chi connectivity index (χ2v) is 5.00. The highest BCUT2D eigenvalue weighted by molar-refractivity contribution is 5.95. The molecule has 0 saturated heterocycles. The van der Waals surface area contributed by atoms with Gasteiger partial charge in [0.25, 0.3) is 5.91 Å². The molecule has 0 radical (unpaired) electrons. The minimum atomic E-state index is -0.124. The molecule has 0 N–H and O–H groups in total. The molecule has 0 aromatic heterocycles. The highest BCUT2D eigenvalue weighted by Gasteiger charge is 2.22. The number of carbonyl (C=O) groups is 1. The van der Waals surface area contributed by atoms with E-state index < -0.39 is 0 Å². The molecule has 0 spiro atoms. The maximum Gasteiger partial charge on any atom is 0.254 e. The lowest BCUT2D eigenvalue weighted by atomic mass is 10.1. The summed E-state index contributed by atoms with van der Waals surface area (Å²) in [6, 6.07) is 4.91. The monoisotopic (exact) mass is 270 g/mol. The lowest BCUT2D eigenvalue weighted by molar-refractivity contribution is 0.0643. The van der Waals surface area contributed by atoms with Crippen LogP contribution in [0.5, 0.6) is 0 Å². The molecule has 0 aliphatic carbocycles. The number of terminal acetylenes is 1. The smallest absolute Gasteiger partial charge is 0.254 e. The highest BCUT2D eigenvalue weighted by atomic mass is 16.2. The fourth-order valence-electron chi connectivity index (χ4n) is 2.14. The van der Waals surface area contributed by atoms with Crippen molar-refractivity contribution in [2.45, 2.75) is 39.8 Å². The molecule has 0 heterocycles. The van der Waals surface area contributed by atoms with Crippen molar-refractivity contribution in [2.24, 2.45) is 5.11 Å². The number of amides is 1. The zero-order valence-corrected chi connectivity index (χ0v) is 12.2. The molecule has 1 aromatic rings. The molecule has 0 saturated carbocycles. The van der Waals surface area contributed by atoms with Crippen molar-refractivity contribution in [3.8, 4) is 12.3 Å². The highest BCUT2D eigenvalue weighted by Crippen LogP contribution is 2.21. The molecule has 1 rings (SSSR count). The number of hydrogen-bond acceptors (Lipinski definition) is 2. The van der Waals surface area contributed by atoms with Crippen molar-refractivity contribution in [2.75, 3.05) is 0 Å². The first-order valence-corrected chi connectivity index (χ1v) is 6.40. The summed E-state index contributed by atoms with van der Waals surface area (Å²) in [5.74, 6) is 2.34. The van der Waals surface area contributed by atoms with E-state index in [0.29, 0.717) is 16.8 Å². The van der Waals surface area contributed by atoms with Gasteiger partial charge in [-0.3, -0.25) is 4.79 Å². The Morgan fingerprint density at radius 3 is 2.35 bits per heavy atom. The van der Waals surface area contributed by atoms with Crippen LogP contribution in [0.1, 0.15) is 43.6 Å². The fraction of sp³-hybridized carbons (Fsp3) is 0.400. The summed E-state index contributed by atoms with van der Waals surface area (Å²) in [5, 5.41) is 3.52. The van der Waals surface area contributed by atoms with Gasteiger partial charge in [-0.2, -0.15) is 0 Å². The van der Waals surface area contributed by atoms with Gasteiger partial charge in [-0.25, -0.2) is 0 Å². The fourth-order valence-corrected chi connectivity index (χ4v) is 2.14. The third kappa shape index (κ3) is 3.53.